The molecule has 0 bridgehead atoms. The summed E-state index contributed by atoms with van der Waals surface area (Å²) in [4.78, 5) is 24.3. The van der Waals surface area contributed by atoms with Crippen LogP contribution in [0.3, 0.4) is 0 Å². The Morgan fingerprint density at radius 3 is 2.07 bits per heavy atom. The zero-order valence-electron chi connectivity index (χ0n) is 18.0. The van der Waals surface area contributed by atoms with Crippen LogP contribution in [0.5, 0.6) is 0 Å². The number of para-hydroxylation sites is 1. The molecule has 1 amide bonds. The molecule has 0 aliphatic carbocycles. The predicted molar refractivity (Wildman–Crippen MR) is 127 cm³/mol. The summed E-state index contributed by atoms with van der Waals surface area (Å²) in [6.07, 6.45) is 0. The van der Waals surface area contributed by atoms with Gasteiger partial charge < -0.3 is 15.0 Å². The molecule has 0 aliphatic heterocycles. The molecule has 7 heteroatoms. The van der Waals surface area contributed by atoms with Crippen LogP contribution in [-0.2, 0) is 20.9 Å². The Morgan fingerprint density at radius 2 is 1.60 bits per heavy atom. The maximum Gasteiger partial charge on any atom is 0.302 e. The van der Waals surface area contributed by atoms with Gasteiger partial charge >= 0.3 is 5.97 Å². The molecule has 162 valence electrons. The summed E-state index contributed by atoms with van der Waals surface area (Å²) in [7, 11) is 1.35. The molecule has 0 saturated heterocycles. The summed E-state index contributed by atoms with van der Waals surface area (Å²) in [5.74, 6) is -0.0917. The molecule has 5 nitrogen and oxygen atoms in total. The monoisotopic (exact) mass is 448 g/mol. The number of carbonyl (C=O) groups is 2. The van der Waals surface area contributed by atoms with Crippen LogP contribution in [0.4, 0.5) is 5.69 Å². The zero-order valence-corrected chi connectivity index (χ0v) is 19.6. The van der Waals surface area contributed by atoms with Gasteiger partial charge in [0.05, 0.1) is 23.9 Å². The summed E-state index contributed by atoms with van der Waals surface area (Å²) in [6.45, 7) is 7.58. The lowest BCUT2D eigenvalue weighted by atomic mass is 10.0. The summed E-state index contributed by atoms with van der Waals surface area (Å²) >= 11 is 11.9. The first kappa shape index (κ1) is 25.6. The Labute approximate surface area is 189 Å². The van der Waals surface area contributed by atoms with Crippen molar-refractivity contribution in [3.05, 3.63) is 65.2 Å². The lowest BCUT2D eigenvalue weighted by Crippen LogP contribution is -2.48. The van der Waals surface area contributed by atoms with Gasteiger partial charge in [-0.25, -0.2) is 0 Å². The SMILES string of the molecule is CC(=O)N(Cc1ccccc1)C(C(=S)Nc1ccccc1Cl)C(C)C.COC(C)=O. The average molecular weight is 449 g/mol. The molecule has 0 aromatic heterocycles. The number of ether oxygens (including phenoxy) is 1. The van der Waals surface area contributed by atoms with Gasteiger partial charge in [-0.3, -0.25) is 9.59 Å². The van der Waals surface area contributed by atoms with Crippen LogP contribution in [0.1, 0.15) is 33.3 Å². The van der Waals surface area contributed by atoms with Gasteiger partial charge in [-0.2, -0.15) is 0 Å². The van der Waals surface area contributed by atoms with E-state index < -0.39 is 0 Å². The normalized spacial score (nSPS) is 11.0. The first-order chi connectivity index (χ1) is 14.2. The highest BCUT2D eigenvalue weighted by Crippen LogP contribution is 2.23. The van der Waals surface area contributed by atoms with Crippen LogP contribution in [0.2, 0.25) is 5.02 Å². The number of esters is 1. The van der Waals surface area contributed by atoms with Crippen LogP contribution >= 0.6 is 23.8 Å². The number of nitrogens with zero attached hydrogens (tertiary/aromatic N) is 1. The Balaban J connectivity index is 0.000000804. The van der Waals surface area contributed by atoms with E-state index in [1.165, 1.54) is 14.0 Å². The fourth-order valence-corrected chi connectivity index (χ4v) is 3.45. The van der Waals surface area contributed by atoms with E-state index in [2.05, 4.69) is 23.9 Å². The molecular weight excluding hydrogens is 420 g/mol. The van der Waals surface area contributed by atoms with Gasteiger partial charge in [0.15, 0.2) is 0 Å². The van der Waals surface area contributed by atoms with Crippen molar-refractivity contribution < 1.29 is 14.3 Å². The smallest absolute Gasteiger partial charge is 0.302 e. The van der Waals surface area contributed by atoms with Crippen LogP contribution in [0, 0.1) is 5.92 Å². The standard InChI is InChI=1S/C20H23ClN2OS.C3H6O2/c1-14(2)19(20(25)22-18-12-8-7-11-17(18)21)23(15(3)24)13-16-9-5-4-6-10-16;1-3(4)5-2/h4-12,14,19H,13H2,1-3H3,(H,22,25);1-2H3. The quantitative estimate of drug-likeness (QED) is 0.478. The fraction of sp³-hybridized carbons (Fsp3) is 0.348. The minimum absolute atomic E-state index is 0.00846. The Morgan fingerprint density at radius 1 is 1.07 bits per heavy atom. The molecule has 2 aromatic carbocycles. The molecule has 0 fully saturated rings. The number of hydrogen-bond acceptors (Lipinski definition) is 4. The fourth-order valence-electron chi connectivity index (χ4n) is 2.76. The van der Waals surface area contributed by atoms with Gasteiger partial charge in [-0.1, -0.05) is 80.1 Å². The molecule has 0 spiro atoms. The first-order valence-corrected chi connectivity index (χ1v) is 10.4. The minimum atomic E-state index is -0.245. The average Bonchev–Trinajstić information content (AvgIpc) is 2.70. The van der Waals surface area contributed by atoms with E-state index in [1.54, 1.807) is 6.92 Å². The number of anilines is 1. The second-order valence-corrected chi connectivity index (χ2v) is 7.83. The largest absolute Gasteiger partial charge is 0.469 e. The lowest BCUT2D eigenvalue weighted by Gasteiger charge is -2.34. The lowest BCUT2D eigenvalue weighted by molar-refractivity contribution is -0.138. The Hall–Kier alpha value is -2.44. The molecule has 0 heterocycles. The van der Waals surface area contributed by atoms with Crippen LogP contribution < -0.4 is 5.32 Å². The number of hydrogen-bond donors (Lipinski definition) is 1. The van der Waals surface area contributed by atoms with Crippen LogP contribution in [0.15, 0.2) is 54.6 Å². The van der Waals surface area contributed by atoms with Gasteiger partial charge in [-0.15, -0.1) is 0 Å². The minimum Gasteiger partial charge on any atom is -0.469 e. The number of carbonyl (C=O) groups excluding carboxylic acids is 2. The van der Waals surface area contributed by atoms with Crippen molar-refractivity contribution >= 4 is 46.4 Å². The van der Waals surface area contributed by atoms with E-state index in [0.717, 1.165) is 11.3 Å². The first-order valence-electron chi connectivity index (χ1n) is 9.58. The van der Waals surface area contributed by atoms with Crippen molar-refractivity contribution in [1.29, 1.82) is 0 Å². The molecule has 1 unspecified atom stereocenters. The van der Waals surface area contributed by atoms with E-state index in [4.69, 9.17) is 23.8 Å². The highest BCUT2D eigenvalue weighted by Gasteiger charge is 2.28. The van der Waals surface area contributed by atoms with Gasteiger partial charge in [0.2, 0.25) is 5.91 Å². The number of rotatable bonds is 6. The molecule has 30 heavy (non-hydrogen) atoms. The summed E-state index contributed by atoms with van der Waals surface area (Å²) < 4.78 is 4.11. The second-order valence-electron chi connectivity index (χ2n) is 6.99. The van der Waals surface area contributed by atoms with Crippen molar-refractivity contribution in [2.24, 2.45) is 5.92 Å². The summed E-state index contributed by atoms with van der Waals surface area (Å²) in [5, 5.41) is 3.82. The topological polar surface area (TPSA) is 58.6 Å². The Kier molecular flexibility index (Phi) is 11.1. The molecule has 0 aliphatic rings. The van der Waals surface area contributed by atoms with Crippen molar-refractivity contribution in [2.75, 3.05) is 12.4 Å². The number of benzene rings is 2. The number of halogens is 1. The van der Waals surface area contributed by atoms with Crippen molar-refractivity contribution in [2.45, 2.75) is 40.3 Å². The number of thiocarbonyl (C=S) groups is 1. The third-order valence-electron chi connectivity index (χ3n) is 4.26. The highest BCUT2D eigenvalue weighted by molar-refractivity contribution is 7.80. The third-order valence-corrected chi connectivity index (χ3v) is 4.93. The van der Waals surface area contributed by atoms with Gasteiger partial charge in [0, 0.05) is 20.4 Å². The van der Waals surface area contributed by atoms with E-state index in [-0.39, 0.29) is 23.8 Å². The number of methoxy groups -OCH3 is 1. The summed E-state index contributed by atoms with van der Waals surface area (Å²) in [6, 6.07) is 17.2. The predicted octanol–water partition coefficient (Wildman–Crippen LogP) is 5.33. The molecule has 2 aromatic rings. The molecule has 1 N–H and O–H groups in total. The summed E-state index contributed by atoms with van der Waals surface area (Å²) in [5.41, 5.74) is 1.83. The third kappa shape index (κ3) is 8.51. The Bertz CT molecular complexity index is 843. The van der Waals surface area contributed by atoms with Crippen LogP contribution in [-0.4, -0.2) is 34.9 Å². The van der Waals surface area contributed by atoms with Crippen molar-refractivity contribution in [1.82, 2.24) is 4.90 Å². The maximum absolute atomic E-state index is 12.3. The number of amides is 1. The van der Waals surface area contributed by atoms with E-state index in [9.17, 15) is 9.59 Å². The highest BCUT2D eigenvalue weighted by atomic mass is 35.5. The number of nitrogens with one attached hydrogen (secondary N) is 1. The second kappa shape index (κ2) is 13.0. The zero-order chi connectivity index (χ0) is 22.7. The van der Waals surface area contributed by atoms with E-state index in [1.807, 2.05) is 59.5 Å². The van der Waals surface area contributed by atoms with E-state index >= 15 is 0 Å². The van der Waals surface area contributed by atoms with Gasteiger partial charge in [0.25, 0.3) is 0 Å². The molecule has 0 radical (unpaired) electrons. The molecule has 1 atom stereocenters. The van der Waals surface area contributed by atoms with Gasteiger partial charge in [-0.05, 0) is 23.6 Å². The van der Waals surface area contributed by atoms with Crippen LogP contribution in [0.25, 0.3) is 0 Å². The van der Waals surface area contributed by atoms with Crippen molar-refractivity contribution in [3.63, 3.8) is 0 Å². The van der Waals surface area contributed by atoms with Crippen molar-refractivity contribution in [3.8, 4) is 0 Å². The molecule has 0 saturated carbocycles. The van der Waals surface area contributed by atoms with Gasteiger partial charge in [0.1, 0.15) is 4.99 Å². The maximum atomic E-state index is 12.3. The molecule has 2 rings (SSSR count). The van der Waals surface area contributed by atoms with E-state index in [0.29, 0.717) is 16.6 Å². The molecular formula is C23H29ClN2O3S.